The van der Waals surface area contributed by atoms with Gasteiger partial charge in [-0.3, -0.25) is 9.78 Å². The average Bonchev–Trinajstić information content (AvgIpc) is 2.62. The summed E-state index contributed by atoms with van der Waals surface area (Å²) >= 11 is 6.19. The summed E-state index contributed by atoms with van der Waals surface area (Å²) in [6, 6.07) is 11.4. The van der Waals surface area contributed by atoms with Gasteiger partial charge in [-0.15, -0.1) is 0 Å². The normalized spacial score (nSPS) is 20.6. The maximum Gasteiger partial charge on any atom is 0.251 e. The van der Waals surface area contributed by atoms with Crippen molar-refractivity contribution in [3.63, 3.8) is 0 Å². The molecule has 1 aliphatic rings. The van der Waals surface area contributed by atoms with Crippen LogP contribution < -0.4 is 5.32 Å². The number of nitrogens with one attached hydrogen (secondary N) is 1. The Morgan fingerprint density at radius 1 is 1.08 bits per heavy atom. The summed E-state index contributed by atoms with van der Waals surface area (Å²) in [5, 5.41) is 3.81. The SMILES string of the molecule is CC(C)(C)C1CCC(NC(=O)c2ccc(-c3ncccc3Cl)cc2)CC1. The Labute approximate surface area is 161 Å². The zero-order valence-electron chi connectivity index (χ0n) is 15.8. The van der Waals surface area contributed by atoms with Crippen LogP contribution in [0.15, 0.2) is 42.6 Å². The van der Waals surface area contributed by atoms with Gasteiger partial charge in [-0.25, -0.2) is 0 Å². The smallest absolute Gasteiger partial charge is 0.251 e. The van der Waals surface area contributed by atoms with Gasteiger partial charge in [-0.1, -0.05) is 44.5 Å². The van der Waals surface area contributed by atoms with Crippen LogP contribution in [0.1, 0.15) is 56.8 Å². The number of carbonyl (C=O) groups excluding carboxylic acids is 1. The molecule has 0 atom stereocenters. The zero-order valence-corrected chi connectivity index (χ0v) is 16.5. The maximum atomic E-state index is 12.6. The number of halogens is 1. The second-order valence-corrected chi connectivity index (χ2v) is 8.71. The molecule has 26 heavy (non-hydrogen) atoms. The van der Waals surface area contributed by atoms with Crippen molar-refractivity contribution < 1.29 is 4.79 Å². The van der Waals surface area contributed by atoms with Crippen molar-refractivity contribution in [2.75, 3.05) is 0 Å². The van der Waals surface area contributed by atoms with Gasteiger partial charge in [-0.05, 0) is 61.3 Å². The van der Waals surface area contributed by atoms with Crippen LogP contribution in [0.4, 0.5) is 0 Å². The molecule has 3 nitrogen and oxygen atoms in total. The standard InChI is InChI=1S/C22H27ClN2O/c1-22(2,3)17-10-12-18(13-11-17)25-21(26)16-8-6-15(7-9-16)20-19(23)5-4-14-24-20/h4-9,14,17-18H,10-13H2,1-3H3,(H,25,26). The highest BCUT2D eigenvalue weighted by Gasteiger charge is 2.30. The van der Waals surface area contributed by atoms with Gasteiger partial charge in [-0.2, -0.15) is 0 Å². The topological polar surface area (TPSA) is 42.0 Å². The summed E-state index contributed by atoms with van der Waals surface area (Å²) in [5.74, 6) is 0.751. The van der Waals surface area contributed by atoms with E-state index in [2.05, 4.69) is 31.1 Å². The molecule has 1 N–H and O–H groups in total. The number of pyridine rings is 1. The number of hydrogen-bond donors (Lipinski definition) is 1. The summed E-state index contributed by atoms with van der Waals surface area (Å²) in [6.45, 7) is 6.93. The first-order chi connectivity index (χ1) is 12.3. The Balaban J connectivity index is 1.60. The molecule has 1 heterocycles. The van der Waals surface area contributed by atoms with Crippen LogP contribution in [0.5, 0.6) is 0 Å². The molecular weight excluding hydrogens is 344 g/mol. The minimum absolute atomic E-state index is 0.00266. The number of aromatic nitrogens is 1. The number of hydrogen-bond acceptors (Lipinski definition) is 2. The summed E-state index contributed by atoms with van der Waals surface area (Å²) in [5.41, 5.74) is 2.69. The average molecular weight is 371 g/mol. The van der Waals surface area contributed by atoms with Crippen molar-refractivity contribution in [1.29, 1.82) is 0 Å². The van der Waals surface area contributed by atoms with Crippen molar-refractivity contribution in [2.45, 2.75) is 52.5 Å². The van der Waals surface area contributed by atoms with Crippen LogP contribution in [0, 0.1) is 11.3 Å². The van der Waals surface area contributed by atoms with Crippen molar-refractivity contribution in [3.05, 3.63) is 53.2 Å². The van der Waals surface area contributed by atoms with Gasteiger partial charge in [0.25, 0.3) is 5.91 Å². The monoisotopic (exact) mass is 370 g/mol. The molecule has 4 heteroatoms. The highest BCUT2D eigenvalue weighted by Crippen LogP contribution is 2.37. The minimum atomic E-state index is 0.00266. The molecule has 0 bridgehead atoms. The Kier molecular flexibility index (Phi) is 5.67. The lowest BCUT2D eigenvalue weighted by Gasteiger charge is -2.37. The van der Waals surface area contributed by atoms with E-state index in [9.17, 15) is 4.79 Å². The number of carbonyl (C=O) groups is 1. The molecule has 0 radical (unpaired) electrons. The van der Waals surface area contributed by atoms with E-state index in [1.54, 1.807) is 6.20 Å². The summed E-state index contributed by atoms with van der Waals surface area (Å²) < 4.78 is 0. The van der Waals surface area contributed by atoms with E-state index in [1.807, 2.05) is 36.4 Å². The highest BCUT2D eigenvalue weighted by molar-refractivity contribution is 6.33. The van der Waals surface area contributed by atoms with Gasteiger partial charge in [0.15, 0.2) is 0 Å². The first-order valence-corrected chi connectivity index (χ1v) is 9.74. The quantitative estimate of drug-likeness (QED) is 0.748. The molecule has 1 aliphatic carbocycles. The maximum absolute atomic E-state index is 12.6. The van der Waals surface area contributed by atoms with Crippen LogP contribution in [-0.4, -0.2) is 16.9 Å². The van der Waals surface area contributed by atoms with Gasteiger partial charge in [0.2, 0.25) is 0 Å². The fourth-order valence-corrected chi connectivity index (χ4v) is 3.98. The third-order valence-electron chi connectivity index (χ3n) is 5.47. The Morgan fingerprint density at radius 3 is 2.31 bits per heavy atom. The van der Waals surface area contributed by atoms with E-state index < -0.39 is 0 Å². The van der Waals surface area contributed by atoms with Gasteiger partial charge >= 0.3 is 0 Å². The molecule has 0 unspecified atom stereocenters. The molecular formula is C22H27ClN2O. The summed E-state index contributed by atoms with van der Waals surface area (Å²) in [7, 11) is 0. The third kappa shape index (κ3) is 4.45. The lowest BCUT2D eigenvalue weighted by atomic mass is 9.71. The van der Waals surface area contributed by atoms with E-state index in [1.165, 1.54) is 12.8 Å². The predicted octanol–water partition coefficient (Wildman–Crippen LogP) is 5.74. The van der Waals surface area contributed by atoms with Gasteiger partial charge in [0.05, 0.1) is 10.7 Å². The van der Waals surface area contributed by atoms with E-state index in [0.717, 1.165) is 30.0 Å². The first kappa shape index (κ1) is 18.9. The van der Waals surface area contributed by atoms with Gasteiger partial charge < -0.3 is 5.32 Å². The van der Waals surface area contributed by atoms with Gasteiger partial charge in [0, 0.05) is 23.4 Å². The van der Waals surface area contributed by atoms with E-state index in [-0.39, 0.29) is 11.9 Å². The van der Waals surface area contributed by atoms with Gasteiger partial charge in [0.1, 0.15) is 0 Å². The minimum Gasteiger partial charge on any atom is -0.349 e. The molecule has 1 fully saturated rings. The lowest BCUT2D eigenvalue weighted by Crippen LogP contribution is -2.39. The first-order valence-electron chi connectivity index (χ1n) is 9.36. The van der Waals surface area contributed by atoms with Crippen LogP contribution in [0.25, 0.3) is 11.3 Å². The fraction of sp³-hybridized carbons (Fsp3) is 0.455. The number of nitrogens with zero attached hydrogens (tertiary/aromatic N) is 1. The molecule has 2 aromatic rings. The number of amides is 1. The molecule has 1 saturated carbocycles. The Morgan fingerprint density at radius 2 is 1.73 bits per heavy atom. The lowest BCUT2D eigenvalue weighted by molar-refractivity contribution is 0.0904. The second kappa shape index (κ2) is 7.79. The predicted molar refractivity (Wildman–Crippen MR) is 107 cm³/mol. The van der Waals surface area contributed by atoms with Crippen LogP contribution >= 0.6 is 11.6 Å². The summed E-state index contributed by atoms with van der Waals surface area (Å²) in [6.07, 6.45) is 6.22. The zero-order chi connectivity index (χ0) is 18.7. The fourth-order valence-electron chi connectivity index (χ4n) is 3.75. The molecule has 3 rings (SSSR count). The summed E-state index contributed by atoms with van der Waals surface area (Å²) in [4.78, 5) is 16.9. The van der Waals surface area contributed by atoms with E-state index in [4.69, 9.17) is 11.6 Å². The number of benzene rings is 1. The van der Waals surface area contributed by atoms with Crippen LogP contribution in [0.3, 0.4) is 0 Å². The molecule has 0 spiro atoms. The van der Waals surface area contributed by atoms with E-state index >= 15 is 0 Å². The second-order valence-electron chi connectivity index (χ2n) is 8.30. The van der Waals surface area contributed by atoms with Crippen molar-refractivity contribution in [3.8, 4) is 11.3 Å². The third-order valence-corrected chi connectivity index (χ3v) is 5.77. The van der Waals surface area contributed by atoms with Crippen LogP contribution in [-0.2, 0) is 0 Å². The van der Waals surface area contributed by atoms with Crippen molar-refractivity contribution >= 4 is 17.5 Å². The molecule has 0 saturated heterocycles. The van der Waals surface area contributed by atoms with E-state index in [0.29, 0.717) is 16.0 Å². The molecule has 1 aromatic heterocycles. The Hall–Kier alpha value is -1.87. The molecule has 1 amide bonds. The van der Waals surface area contributed by atoms with Crippen LogP contribution in [0.2, 0.25) is 5.02 Å². The number of rotatable bonds is 3. The Bertz CT molecular complexity index is 756. The molecule has 138 valence electrons. The highest BCUT2D eigenvalue weighted by atomic mass is 35.5. The molecule has 1 aromatic carbocycles. The largest absolute Gasteiger partial charge is 0.349 e. The van der Waals surface area contributed by atoms with Crippen molar-refractivity contribution in [1.82, 2.24) is 10.3 Å². The molecule has 0 aliphatic heterocycles. The van der Waals surface area contributed by atoms with Crippen molar-refractivity contribution in [2.24, 2.45) is 11.3 Å².